The van der Waals surface area contributed by atoms with Crippen molar-refractivity contribution in [3.8, 4) is 0 Å². The molecule has 0 radical (unpaired) electrons. The predicted octanol–water partition coefficient (Wildman–Crippen LogP) is 2.11. The second kappa shape index (κ2) is 5.82. The largest absolute Gasteiger partial charge is 0.398 e. The average Bonchev–Trinajstić information content (AvgIpc) is 2.28. The normalized spacial score (nSPS) is 14.8. The Morgan fingerprint density at radius 3 is 2.81 bits per heavy atom. The maximum atomic E-state index is 13.0. The Morgan fingerprint density at radius 1 is 1.50 bits per heavy atom. The number of benzene rings is 1. The topological polar surface area (TPSA) is 55.5 Å². The van der Waals surface area contributed by atoms with Gasteiger partial charge in [0.2, 0.25) is 0 Å². The Morgan fingerprint density at radius 2 is 2.19 bits per heavy atom. The smallest absolute Gasteiger partial charge is 0.123 e. The van der Waals surface area contributed by atoms with Gasteiger partial charge in [-0.1, -0.05) is 6.92 Å². The Hall–Kier alpha value is -1.13. The summed E-state index contributed by atoms with van der Waals surface area (Å²) >= 11 is 0. The van der Waals surface area contributed by atoms with E-state index in [2.05, 4.69) is 0 Å². The lowest BCUT2D eigenvalue weighted by molar-refractivity contribution is 0.0889. The molecule has 2 atom stereocenters. The second-order valence-corrected chi connectivity index (χ2v) is 3.98. The van der Waals surface area contributed by atoms with Crippen LogP contribution in [0, 0.1) is 11.7 Å². The minimum Gasteiger partial charge on any atom is -0.398 e. The Balaban J connectivity index is 2.78. The quantitative estimate of drug-likeness (QED) is 0.757. The van der Waals surface area contributed by atoms with E-state index in [1.807, 2.05) is 6.92 Å². The Bertz CT molecular complexity index is 344. The maximum Gasteiger partial charge on any atom is 0.123 e. The molecule has 0 saturated carbocycles. The van der Waals surface area contributed by atoms with Crippen molar-refractivity contribution in [2.45, 2.75) is 19.4 Å². The number of nitrogen functional groups attached to an aromatic ring is 1. The van der Waals surface area contributed by atoms with Crippen molar-refractivity contribution in [2.75, 3.05) is 19.5 Å². The van der Waals surface area contributed by atoms with E-state index < -0.39 is 6.10 Å². The SMILES string of the molecule is COCCC(C)C(O)c1cc(F)ccc1N. The summed E-state index contributed by atoms with van der Waals surface area (Å²) in [4.78, 5) is 0. The van der Waals surface area contributed by atoms with Gasteiger partial charge >= 0.3 is 0 Å². The fourth-order valence-electron chi connectivity index (χ4n) is 1.57. The summed E-state index contributed by atoms with van der Waals surface area (Å²) in [6, 6.07) is 4.03. The fraction of sp³-hybridized carbons (Fsp3) is 0.500. The van der Waals surface area contributed by atoms with Gasteiger partial charge in [0, 0.05) is 25.0 Å². The summed E-state index contributed by atoms with van der Waals surface area (Å²) in [6.45, 7) is 2.45. The van der Waals surface area contributed by atoms with Gasteiger partial charge in [0.15, 0.2) is 0 Å². The lowest BCUT2D eigenvalue weighted by Crippen LogP contribution is -2.13. The van der Waals surface area contributed by atoms with Crippen molar-refractivity contribution in [1.82, 2.24) is 0 Å². The van der Waals surface area contributed by atoms with E-state index >= 15 is 0 Å². The van der Waals surface area contributed by atoms with E-state index in [1.54, 1.807) is 7.11 Å². The highest BCUT2D eigenvalue weighted by molar-refractivity contribution is 5.48. The van der Waals surface area contributed by atoms with Crippen molar-refractivity contribution in [1.29, 1.82) is 0 Å². The molecule has 0 aliphatic rings. The third-order valence-electron chi connectivity index (χ3n) is 2.68. The molecule has 0 heterocycles. The first-order valence-electron chi connectivity index (χ1n) is 5.28. The molecule has 0 bridgehead atoms. The van der Waals surface area contributed by atoms with Crippen molar-refractivity contribution in [2.24, 2.45) is 5.92 Å². The van der Waals surface area contributed by atoms with Crippen LogP contribution in [-0.4, -0.2) is 18.8 Å². The highest BCUT2D eigenvalue weighted by Gasteiger charge is 2.18. The van der Waals surface area contributed by atoms with Crippen LogP contribution in [-0.2, 0) is 4.74 Å². The number of nitrogens with two attached hydrogens (primary N) is 1. The number of halogens is 1. The summed E-state index contributed by atoms with van der Waals surface area (Å²) in [5.74, 6) is -0.411. The van der Waals surface area contributed by atoms with Crippen molar-refractivity contribution in [3.05, 3.63) is 29.6 Å². The van der Waals surface area contributed by atoms with E-state index in [-0.39, 0.29) is 11.7 Å². The van der Waals surface area contributed by atoms with Crippen LogP contribution in [0.2, 0.25) is 0 Å². The van der Waals surface area contributed by atoms with Crippen LogP contribution >= 0.6 is 0 Å². The van der Waals surface area contributed by atoms with Gasteiger partial charge in [0.25, 0.3) is 0 Å². The van der Waals surface area contributed by atoms with Crippen LogP contribution in [0.25, 0.3) is 0 Å². The van der Waals surface area contributed by atoms with Crippen LogP contribution in [0.4, 0.5) is 10.1 Å². The molecule has 2 unspecified atom stereocenters. The first-order chi connectivity index (χ1) is 7.56. The van der Waals surface area contributed by atoms with Crippen molar-refractivity contribution in [3.63, 3.8) is 0 Å². The van der Waals surface area contributed by atoms with Gasteiger partial charge in [-0.25, -0.2) is 4.39 Å². The van der Waals surface area contributed by atoms with Crippen LogP contribution < -0.4 is 5.73 Å². The minimum absolute atomic E-state index is 0.0240. The number of rotatable bonds is 5. The van der Waals surface area contributed by atoms with Gasteiger partial charge in [-0.05, 0) is 30.5 Å². The molecule has 16 heavy (non-hydrogen) atoms. The molecular formula is C12H18FNO2. The molecule has 3 N–H and O–H groups in total. The van der Waals surface area contributed by atoms with Gasteiger partial charge in [0.05, 0.1) is 6.10 Å². The summed E-state index contributed by atoms with van der Waals surface area (Å²) in [5.41, 5.74) is 6.56. The zero-order chi connectivity index (χ0) is 12.1. The first-order valence-corrected chi connectivity index (χ1v) is 5.28. The molecule has 1 rings (SSSR count). The standard InChI is InChI=1S/C12H18FNO2/c1-8(5-6-16-2)12(15)10-7-9(13)3-4-11(10)14/h3-4,7-8,12,15H,5-6,14H2,1-2H3. The zero-order valence-corrected chi connectivity index (χ0v) is 9.61. The molecule has 90 valence electrons. The van der Waals surface area contributed by atoms with E-state index in [0.717, 1.165) is 0 Å². The molecule has 1 aromatic carbocycles. The Kier molecular flexibility index (Phi) is 4.71. The third-order valence-corrected chi connectivity index (χ3v) is 2.68. The summed E-state index contributed by atoms with van der Waals surface area (Å²) < 4.78 is 18.0. The molecule has 1 aromatic rings. The molecule has 0 aliphatic carbocycles. The van der Waals surface area contributed by atoms with Gasteiger partial charge in [-0.3, -0.25) is 0 Å². The lowest BCUT2D eigenvalue weighted by atomic mass is 9.94. The second-order valence-electron chi connectivity index (χ2n) is 3.98. The fourth-order valence-corrected chi connectivity index (χ4v) is 1.57. The molecule has 0 saturated heterocycles. The maximum absolute atomic E-state index is 13.0. The highest BCUT2D eigenvalue weighted by atomic mass is 19.1. The van der Waals surface area contributed by atoms with Crippen LogP contribution in [0.15, 0.2) is 18.2 Å². The molecule has 0 spiro atoms. The summed E-state index contributed by atoms with van der Waals surface area (Å²) in [6.07, 6.45) is -0.0565. The van der Waals surface area contributed by atoms with E-state index in [1.165, 1.54) is 18.2 Å². The number of ether oxygens (including phenoxy) is 1. The lowest BCUT2D eigenvalue weighted by Gasteiger charge is -2.20. The highest BCUT2D eigenvalue weighted by Crippen LogP contribution is 2.29. The number of hydrogen-bond donors (Lipinski definition) is 2. The molecular weight excluding hydrogens is 209 g/mol. The first kappa shape index (κ1) is 12.9. The summed E-state index contributed by atoms with van der Waals surface area (Å²) in [5, 5.41) is 10.0. The van der Waals surface area contributed by atoms with Crippen LogP contribution in [0.3, 0.4) is 0 Å². The van der Waals surface area contributed by atoms with Crippen molar-refractivity contribution >= 4 is 5.69 Å². The van der Waals surface area contributed by atoms with Crippen LogP contribution in [0.1, 0.15) is 25.0 Å². The third kappa shape index (κ3) is 3.18. The van der Waals surface area contributed by atoms with E-state index in [9.17, 15) is 9.50 Å². The monoisotopic (exact) mass is 227 g/mol. The van der Waals surface area contributed by atoms with Gasteiger partial charge in [0.1, 0.15) is 5.82 Å². The average molecular weight is 227 g/mol. The van der Waals surface area contributed by atoms with Gasteiger partial charge in [-0.2, -0.15) is 0 Å². The number of aliphatic hydroxyl groups excluding tert-OH is 1. The van der Waals surface area contributed by atoms with E-state index in [4.69, 9.17) is 10.5 Å². The van der Waals surface area contributed by atoms with Crippen LogP contribution in [0.5, 0.6) is 0 Å². The summed E-state index contributed by atoms with van der Waals surface area (Å²) in [7, 11) is 1.61. The molecule has 3 nitrogen and oxygen atoms in total. The van der Waals surface area contributed by atoms with Gasteiger partial charge in [-0.15, -0.1) is 0 Å². The van der Waals surface area contributed by atoms with Crippen molar-refractivity contribution < 1.29 is 14.2 Å². The minimum atomic E-state index is -0.758. The number of methoxy groups -OCH3 is 1. The molecule has 0 aliphatic heterocycles. The molecule has 0 aromatic heterocycles. The van der Waals surface area contributed by atoms with E-state index in [0.29, 0.717) is 24.3 Å². The predicted molar refractivity (Wildman–Crippen MR) is 61.4 cm³/mol. The van der Waals surface area contributed by atoms with Gasteiger partial charge < -0.3 is 15.6 Å². The zero-order valence-electron chi connectivity index (χ0n) is 9.61. The Labute approximate surface area is 95.0 Å². The number of anilines is 1. The molecule has 0 amide bonds. The molecule has 4 heteroatoms. The number of hydrogen-bond acceptors (Lipinski definition) is 3. The number of aliphatic hydroxyl groups is 1. The molecule has 0 fully saturated rings.